The Kier molecular flexibility index (Phi) is 2.52. The molecule has 1 aromatic carbocycles. The van der Waals surface area contributed by atoms with E-state index in [2.05, 4.69) is 22.7 Å². The van der Waals surface area contributed by atoms with Crippen molar-refractivity contribution in [2.24, 2.45) is 16.9 Å². The van der Waals surface area contributed by atoms with Gasteiger partial charge in [0, 0.05) is 17.2 Å². The number of hydrogen-bond donors (Lipinski definition) is 1. The summed E-state index contributed by atoms with van der Waals surface area (Å²) < 4.78 is 0. The van der Waals surface area contributed by atoms with Crippen LogP contribution in [-0.2, 0) is 0 Å². The lowest BCUT2D eigenvalue weighted by Crippen LogP contribution is -2.35. The van der Waals surface area contributed by atoms with Gasteiger partial charge in [0.1, 0.15) is 0 Å². The molecular weight excluding hydrogens is 212 g/mol. The van der Waals surface area contributed by atoms with Crippen molar-refractivity contribution < 1.29 is 4.79 Å². The average Bonchev–Trinajstić information content (AvgIpc) is 2.72. The molecule has 0 radical (unpaired) electrons. The third-order valence-corrected chi connectivity index (χ3v) is 3.50. The molecule has 2 aliphatic carbocycles. The SMILES string of the molecule is O=C(N/N=C1/CC2C=CCC12)c1ccccc1. The molecule has 1 amide bonds. The predicted molar refractivity (Wildman–Crippen MR) is 66.7 cm³/mol. The number of carbonyl (C=O) groups excluding carboxylic acids is 1. The van der Waals surface area contributed by atoms with Crippen LogP contribution in [-0.4, -0.2) is 11.6 Å². The highest BCUT2D eigenvalue weighted by Crippen LogP contribution is 2.39. The molecular formula is C14H14N2O. The van der Waals surface area contributed by atoms with Crippen molar-refractivity contribution in [2.75, 3.05) is 0 Å². The Morgan fingerprint density at radius 1 is 1.29 bits per heavy atom. The maximum Gasteiger partial charge on any atom is 0.271 e. The molecule has 1 saturated carbocycles. The Morgan fingerprint density at radius 2 is 2.12 bits per heavy atom. The highest BCUT2D eigenvalue weighted by Gasteiger charge is 2.37. The number of allylic oxidation sites excluding steroid dienone is 2. The molecule has 86 valence electrons. The van der Waals surface area contributed by atoms with Crippen molar-refractivity contribution in [3.8, 4) is 0 Å². The lowest BCUT2D eigenvalue weighted by molar-refractivity contribution is 0.0954. The number of benzene rings is 1. The van der Waals surface area contributed by atoms with Crippen LogP contribution in [0.4, 0.5) is 0 Å². The lowest BCUT2D eigenvalue weighted by atomic mass is 9.74. The van der Waals surface area contributed by atoms with E-state index < -0.39 is 0 Å². The molecule has 0 bridgehead atoms. The van der Waals surface area contributed by atoms with Crippen LogP contribution in [0.5, 0.6) is 0 Å². The monoisotopic (exact) mass is 226 g/mol. The third kappa shape index (κ3) is 1.88. The first-order chi connectivity index (χ1) is 8.34. The quantitative estimate of drug-likeness (QED) is 0.610. The largest absolute Gasteiger partial charge is 0.271 e. The fourth-order valence-corrected chi connectivity index (χ4v) is 2.44. The van der Waals surface area contributed by atoms with Crippen molar-refractivity contribution >= 4 is 11.6 Å². The molecule has 2 aliphatic rings. The zero-order chi connectivity index (χ0) is 11.7. The minimum Gasteiger partial charge on any atom is -0.267 e. The predicted octanol–water partition coefficient (Wildman–Crippen LogP) is 2.37. The van der Waals surface area contributed by atoms with Crippen LogP contribution in [0, 0.1) is 11.8 Å². The minimum atomic E-state index is -0.132. The lowest BCUT2D eigenvalue weighted by Gasteiger charge is -2.31. The van der Waals surface area contributed by atoms with E-state index in [4.69, 9.17) is 0 Å². The topological polar surface area (TPSA) is 41.5 Å². The maximum atomic E-state index is 11.7. The first-order valence-corrected chi connectivity index (χ1v) is 5.93. The van der Waals surface area contributed by atoms with Crippen molar-refractivity contribution in [3.63, 3.8) is 0 Å². The molecule has 0 heterocycles. The van der Waals surface area contributed by atoms with Crippen LogP contribution < -0.4 is 5.43 Å². The first kappa shape index (κ1) is 10.3. The van der Waals surface area contributed by atoms with Gasteiger partial charge in [-0.3, -0.25) is 4.79 Å². The highest BCUT2D eigenvalue weighted by molar-refractivity contribution is 5.98. The fraction of sp³-hybridized carbons (Fsp3) is 0.286. The van der Waals surface area contributed by atoms with Crippen LogP contribution >= 0.6 is 0 Å². The molecule has 0 saturated heterocycles. The van der Waals surface area contributed by atoms with Crippen LogP contribution in [0.25, 0.3) is 0 Å². The van der Waals surface area contributed by atoms with Gasteiger partial charge in [-0.2, -0.15) is 5.10 Å². The second-order valence-corrected chi connectivity index (χ2v) is 4.55. The van der Waals surface area contributed by atoms with Gasteiger partial charge in [-0.1, -0.05) is 30.4 Å². The number of nitrogens with one attached hydrogen (secondary N) is 1. The summed E-state index contributed by atoms with van der Waals surface area (Å²) in [7, 11) is 0. The summed E-state index contributed by atoms with van der Waals surface area (Å²) in [6.45, 7) is 0. The van der Waals surface area contributed by atoms with Crippen LogP contribution in [0.3, 0.4) is 0 Å². The second-order valence-electron chi connectivity index (χ2n) is 4.55. The van der Waals surface area contributed by atoms with E-state index in [9.17, 15) is 4.79 Å². The smallest absolute Gasteiger partial charge is 0.267 e. The summed E-state index contributed by atoms with van der Waals surface area (Å²) in [5, 5.41) is 4.23. The zero-order valence-electron chi connectivity index (χ0n) is 9.47. The van der Waals surface area contributed by atoms with Gasteiger partial charge in [-0.15, -0.1) is 0 Å². The molecule has 0 aromatic heterocycles. The number of hydrogen-bond acceptors (Lipinski definition) is 2. The van der Waals surface area contributed by atoms with E-state index in [1.807, 2.05) is 18.2 Å². The Labute approximate surface area is 100 Å². The third-order valence-electron chi connectivity index (χ3n) is 3.50. The maximum absolute atomic E-state index is 11.7. The molecule has 0 spiro atoms. The van der Waals surface area contributed by atoms with Crippen LogP contribution in [0.15, 0.2) is 47.6 Å². The van der Waals surface area contributed by atoms with Gasteiger partial charge in [-0.05, 0) is 30.9 Å². The Balaban J connectivity index is 1.62. The van der Waals surface area contributed by atoms with Gasteiger partial charge in [0.2, 0.25) is 0 Å². The number of hydrazone groups is 1. The number of fused-ring (bicyclic) bond motifs is 1. The van der Waals surface area contributed by atoms with E-state index in [0.717, 1.165) is 18.6 Å². The van der Waals surface area contributed by atoms with E-state index in [1.54, 1.807) is 12.1 Å². The zero-order valence-corrected chi connectivity index (χ0v) is 9.47. The Hall–Kier alpha value is -1.90. The van der Waals surface area contributed by atoms with Crippen molar-refractivity contribution in [1.29, 1.82) is 0 Å². The molecule has 17 heavy (non-hydrogen) atoms. The first-order valence-electron chi connectivity index (χ1n) is 5.93. The van der Waals surface area contributed by atoms with Gasteiger partial charge in [0.25, 0.3) is 5.91 Å². The number of rotatable bonds is 2. The van der Waals surface area contributed by atoms with E-state index >= 15 is 0 Å². The fourth-order valence-electron chi connectivity index (χ4n) is 2.44. The molecule has 3 heteroatoms. The normalized spacial score (nSPS) is 27.6. The molecule has 1 N–H and O–H groups in total. The van der Waals surface area contributed by atoms with Gasteiger partial charge < -0.3 is 0 Å². The standard InChI is InChI=1S/C14H14N2O/c17-14(10-5-2-1-3-6-10)16-15-13-9-11-7-4-8-12(11)13/h1-7,11-12H,8-9H2,(H,16,17)/b15-13-. The van der Waals surface area contributed by atoms with Crippen molar-refractivity contribution in [1.82, 2.24) is 5.43 Å². The summed E-state index contributed by atoms with van der Waals surface area (Å²) in [5.74, 6) is 1.08. The number of amides is 1. The van der Waals surface area contributed by atoms with Gasteiger partial charge >= 0.3 is 0 Å². The molecule has 1 fully saturated rings. The average molecular weight is 226 g/mol. The summed E-state index contributed by atoms with van der Waals surface area (Å²) in [6, 6.07) is 9.17. The van der Waals surface area contributed by atoms with Crippen molar-refractivity contribution in [3.05, 3.63) is 48.0 Å². The van der Waals surface area contributed by atoms with Gasteiger partial charge in [0.15, 0.2) is 0 Å². The van der Waals surface area contributed by atoms with Gasteiger partial charge in [-0.25, -0.2) is 5.43 Å². The van der Waals surface area contributed by atoms with Crippen LogP contribution in [0.1, 0.15) is 23.2 Å². The van der Waals surface area contributed by atoms with Crippen LogP contribution in [0.2, 0.25) is 0 Å². The van der Waals surface area contributed by atoms with E-state index in [1.165, 1.54) is 0 Å². The second kappa shape index (κ2) is 4.17. The van der Waals surface area contributed by atoms with Crippen molar-refractivity contribution in [2.45, 2.75) is 12.8 Å². The molecule has 3 rings (SSSR count). The summed E-state index contributed by atoms with van der Waals surface area (Å²) in [4.78, 5) is 11.7. The molecule has 2 atom stereocenters. The molecule has 3 nitrogen and oxygen atoms in total. The molecule has 0 aliphatic heterocycles. The number of nitrogens with zero attached hydrogens (tertiary/aromatic N) is 1. The number of carbonyl (C=O) groups is 1. The van der Waals surface area contributed by atoms with E-state index in [-0.39, 0.29) is 5.91 Å². The molecule has 2 unspecified atom stereocenters. The highest BCUT2D eigenvalue weighted by atomic mass is 16.2. The summed E-state index contributed by atoms with van der Waals surface area (Å²) in [6.07, 6.45) is 6.53. The molecule has 1 aromatic rings. The minimum absolute atomic E-state index is 0.132. The Bertz CT molecular complexity index is 490. The Morgan fingerprint density at radius 3 is 2.88 bits per heavy atom. The van der Waals surface area contributed by atoms with E-state index in [0.29, 0.717) is 17.4 Å². The summed E-state index contributed by atoms with van der Waals surface area (Å²) >= 11 is 0. The summed E-state index contributed by atoms with van der Waals surface area (Å²) in [5.41, 5.74) is 4.41. The van der Waals surface area contributed by atoms with Gasteiger partial charge in [0.05, 0.1) is 0 Å².